The molecule has 1 heterocycles. The number of nitrogen functional groups attached to an aromatic ring is 2. The molecule has 5 heteroatoms. The molecule has 4 nitrogen and oxygen atoms in total. The first-order valence-electron chi connectivity index (χ1n) is 4.37. The van der Waals surface area contributed by atoms with Crippen molar-refractivity contribution in [2.24, 2.45) is 0 Å². The highest BCUT2D eigenvalue weighted by Crippen LogP contribution is 2.24. The van der Waals surface area contributed by atoms with E-state index in [1.54, 1.807) is 6.20 Å². The van der Waals surface area contributed by atoms with Crippen LogP contribution < -0.4 is 11.5 Å². The molecule has 15 heavy (non-hydrogen) atoms. The molecule has 1 aromatic carbocycles. The number of rotatable bonds is 1. The van der Waals surface area contributed by atoms with E-state index in [0.29, 0.717) is 16.3 Å². The van der Waals surface area contributed by atoms with Crippen molar-refractivity contribution >= 4 is 23.7 Å². The van der Waals surface area contributed by atoms with Crippen molar-refractivity contribution in [1.82, 2.24) is 9.97 Å². The monoisotopic (exact) mass is 218 g/mol. The van der Waals surface area contributed by atoms with Crippen LogP contribution in [0.25, 0.3) is 11.1 Å². The molecule has 0 spiro atoms. The molecule has 1 aromatic heterocycles. The fraction of sp³-hybridized carbons (Fsp3) is 0. The number of nitrogens with one attached hydrogen (secondary N) is 1. The predicted molar refractivity (Wildman–Crippen MR) is 63.7 cm³/mol. The lowest BCUT2D eigenvalue weighted by molar-refractivity contribution is 1.15. The third kappa shape index (κ3) is 1.97. The molecule has 0 atom stereocenters. The summed E-state index contributed by atoms with van der Waals surface area (Å²) in [6.07, 6.45) is 1.64. The second-order valence-electron chi connectivity index (χ2n) is 3.14. The van der Waals surface area contributed by atoms with Crippen LogP contribution in [0.4, 0.5) is 11.5 Å². The van der Waals surface area contributed by atoms with Gasteiger partial charge in [0.15, 0.2) is 4.77 Å². The van der Waals surface area contributed by atoms with Crippen LogP contribution in [-0.4, -0.2) is 9.97 Å². The fourth-order valence-corrected chi connectivity index (χ4v) is 1.51. The highest BCUT2D eigenvalue weighted by Gasteiger charge is 2.02. The minimum Gasteiger partial charge on any atom is -0.399 e. The quantitative estimate of drug-likeness (QED) is 0.505. The average molecular weight is 218 g/mol. The van der Waals surface area contributed by atoms with E-state index in [0.717, 1.165) is 11.1 Å². The first-order valence-corrected chi connectivity index (χ1v) is 4.78. The molecule has 0 aliphatic heterocycles. The van der Waals surface area contributed by atoms with Crippen molar-refractivity contribution < 1.29 is 0 Å². The number of benzene rings is 1. The highest BCUT2D eigenvalue weighted by atomic mass is 32.1. The minimum absolute atomic E-state index is 0.375. The standard InChI is InChI=1S/C10H10N4S/c11-7-3-1-2-6(4-7)8-5-13-10(15)14-9(8)12/h1-5H,11H2,(H3,12,13,14,15). The van der Waals surface area contributed by atoms with Crippen molar-refractivity contribution in [3.63, 3.8) is 0 Å². The summed E-state index contributed by atoms with van der Waals surface area (Å²) >= 11 is 4.86. The normalized spacial score (nSPS) is 10.1. The Labute approximate surface area is 92.0 Å². The van der Waals surface area contributed by atoms with Gasteiger partial charge in [0.05, 0.1) is 0 Å². The third-order valence-electron chi connectivity index (χ3n) is 2.04. The van der Waals surface area contributed by atoms with Gasteiger partial charge in [-0.2, -0.15) is 0 Å². The Balaban J connectivity index is 2.59. The van der Waals surface area contributed by atoms with Crippen LogP contribution in [-0.2, 0) is 0 Å². The second-order valence-corrected chi connectivity index (χ2v) is 3.53. The summed E-state index contributed by atoms with van der Waals surface area (Å²) in [7, 11) is 0. The third-order valence-corrected chi connectivity index (χ3v) is 2.25. The molecule has 0 unspecified atom stereocenters. The summed E-state index contributed by atoms with van der Waals surface area (Å²) in [5.41, 5.74) is 13.9. The average Bonchev–Trinajstić information content (AvgIpc) is 2.17. The molecule has 2 rings (SSSR count). The van der Waals surface area contributed by atoms with Crippen molar-refractivity contribution in [2.75, 3.05) is 11.5 Å². The molecule has 76 valence electrons. The maximum absolute atomic E-state index is 5.80. The lowest BCUT2D eigenvalue weighted by Crippen LogP contribution is -1.96. The fourth-order valence-electron chi connectivity index (χ4n) is 1.34. The summed E-state index contributed by atoms with van der Waals surface area (Å²) in [5.74, 6) is 0.501. The Morgan fingerprint density at radius 1 is 1.27 bits per heavy atom. The summed E-state index contributed by atoms with van der Waals surface area (Å²) in [6.45, 7) is 0. The van der Waals surface area contributed by atoms with Gasteiger partial charge in [-0.05, 0) is 29.9 Å². The van der Waals surface area contributed by atoms with Crippen LogP contribution in [0, 0.1) is 4.77 Å². The smallest absolute Gasteiger partial charge is 0.198 e. The molecule has 0 amide bonds. The van der Waals surface area contributed by atoms with Gasteiger partial charge in [0.25, 0.3) is 0 Å². The van der Waals surface area contributed by atoms with Crippen LogP contribution in [0.1, 0.15) is 0 Å². The molecule has 5 N–H and O–H groups in total. The Hall–Kier alpha value is -1.88. The van der Waals surface area contributed by atoms with Crippen molar-refractivity contribution in [3.8, 4) is 11.1 Å². The Kier molecular flexibility index (Phi) is 2.39. The molecular formula is C10H10N4S. The second kappa shape index (κ2) is 3.70. The lowest BCUT2D eigenvalue weighted by Gasteiger charge is -2.05. The van der Waals surface area contributed by atoms with Crippen molar-refractivity contribution in [3.05, 3.63) is 35.2 Å². The zero-order valence-electron chi connectivity index (χ0n) is 7.90. The van der Waals surface area contributed by atoms with Gasteiger partial charge in [-0.1, -0.05) is 12.1 Å². The van der Waals surface area contributed by atoms with Gasteiger partial charge >= 0.3 is 0 Å². The van der Waals surface area contributed by atoms with E-state index < -0.39 is 0 Å². The number of H-pyrrole nitrogens is 1. The van der Waals surface area contributed by atoms with Gasteiger partial charge in [-0.15, -0.1) is 0 Å². The number of nitrogens with two attached hydrogens (primary N) is 2. The Morgan fingerprint density at radius 3 is 2.73 bits per heavy atom. The minimum atomic E-state index is 0.375. The molecule has 0 saturated carbocycles. The molecule has 0 fully saturated rings. The highest BCUT2D eigenvalue weighted by molar-refractivity contribution is 7.71. The SMILES string of the molecule is Nc1cccc(-c2cnc(=S)[nH]c2N)c1. The van der Waals surface area contributed by atoms with E-state index >= 15 is 0 Å². The van der Waals surface area contributed by atoms with E-state index in [1.165, 1.54) is 0 Å². The summed E-state index contributed by atoms with van der Waals surface area (Å²) in [5, 5.41) is 0. The number of nitrogens with zero attached hydrogens (tertiary/aromatic N) is 1. The van der Waals surface area contributed by atoms with E-state index in [9.17, 15) is 0 Å². The zero-order chi connectivity index (χ0) is 10.8. The Morgan fingerprint density at radius 2 is 2.07 bits per heavy atom. The first kappa shape index (κ1) is 9.67. The van der Waals surface area contributed by atoms with E-state index in [4.69, 9.17) is 23.7 Å². The summed E-state index contributed by atoms with van der Waals surface area (Å²) < 4.78 is 0.375. The van der Waals surface area contributed by atoms with Crippen LogP contribution in [0.3, 0.4) is 0 Å². The number of aromatic nitrogens is 2. The topological polar surface area (TPSA) is 80.7 Å². The number of aromatic amines is 1. The van der Waals surface area contributed by atoms with E-state index in [2.05, 4.69) is 9.97 Å². The first-order chi connectivity index (χ1) is 7.16. The van der Waals surface area contributed by atoms with Crippen LogP contribution in [0.15, 0.2) is 30.5 Å². The van der Waals surface area contributed by atoms with Gasteiger partial charge < -0.3 is 16.5 Å². The van der Waals surface area contributed by atoms with Crippen LogP contribution in [0.2, 0.25) is 0 Å². The van der Waals surface area contributed by atoms with E-state index in [1.807, 2.05) is 24.3 Å². The van der Waals surface area contributed by atoms with Gasteiger partial charge in [-0.3, -0.25) is 0 Å². The van der Waals surface area contributed by atoms with Gasteiger partial charge in [-0.25, -0.2) is 4.98 Å². The Bertz CT molecular complexity index is 547. The molecule has 0 aliphatic carbocycles. The maximum Gasteiger partial charge on any atom is 0.198 e. The zero-order valence-corrected chi connectivity index (χ0v) is 8.71. The molecule has 0 aliphatic rings. The predicted octanol–water partition coefficient (Wildman–Crippen LogP) is 1.97. The molecule has 0 radical (unpaired) electrons. The van der Waals surface area contributed by atoms with Gasteiger partial charge in [0.2, 0.25) is 0 Å². The van der Waals surface area contributed by atoms with Gasteiger partial charge in [0, 0.05) is 17.4 Å². The van der Waals surface area contributed by atoms with Gasteiger partial charge in [0.1, 0.15) is 5.82 Å². The lowest BCUT2D eigenvalue weighted by atomic mass is 10.1. The summed E-state index contributed by atoms with van der Waals surface area (Å²) in [4.78, 5) is 6.78. The number of anilines is 2. The molecule has 0 saturated heterocycles. The molecular weight excluding hydrogens is 208 g/mol. The number of hydrogen-bond acceptors (Lipinski definition) is 4. The largest absolute Gasteiger partial charge is 0.399 e. The van der Waals surface area contributed by atoms with Crippen LogP contribution >= 0.6 is 12.2 Å². The maximum atomic E-state index is 5.80. The van der Waals surface area contributed by atoms with Crippen molar-refractivity contribution in [2.45, 2.75) is 0 Å². The van der Waals surface area contributed by atoms with Crippen LogP contribution in [0.5, 0.6) is 0 Å². The number of hydrogen-bond donors (Lipinski definition) is 3. The van der Waals surface area contributed by atoms with Crippen molar-refractivity contribution in [1.29, 1.82) is 0 Å². The summed E-state index contributed by atoms with van der Waals surface area (Å²) in [6, 6.07) is 7.44. The van der Waals surface area contributed by atoms with E-state index in [-0.39, 0.29) is 0 Å². The molecule has 2 aromatic rings. The molecule has 0 bridgehead atoms.